The molecule has 3 saturated carbocycles. The van der Waals surface area contributed by atoms with Gasteiger partial charge in [0.25, 0.3) is 0 Å². The predicted octanol–water partition coefficient (Wildman–Crippen LogP) is 2.45. The van der Waals surface area contributed by atoms with E-state index >= 15 is 0 Å². The number of aliphatic hydroxyl groups excluding tert-OH is 2. The highest BCUT2D eigenvalue weighted by molar-refractivity contribution is 9.09. The highest BCUT2D eigenvalue weighted by Gasteiger charge is 2.76. The van der Waals surface area contributed by atoms with Gasteiger partial charge in [0.15, 0.2) is 23.5 Å². The molecule has 1 aliphatic heterocycles. The van der Waals surface area contributed by atoms with Crippen LogP contribution in [-0.4, -0.2) is 112 Å². The second kappa shape index (κ2) is 20.4. The largest absolute Gasteiger partial charge is 0.481 e. The molecule has 2 aromatic rings. The first-order valence-corrected chi connectivity index (χ1v) is 23.4. The summed E-state index contributed by atoms with van der Waals surface area (Å²) in [5.41, 5.74) is 2.02. The molecule has 0 aromatic heterocycles. The molecule has 7 rings (SSSR count). The van der Waals surface area contributed by atoms with Crippen molar-refractivity contribution < 1.29 is 63.1 Å². The summed E-state index contributed by atoms with van der Waals surface area (Å²) in [6, 6.07) is 14.3. The van der Waals surface area contributed by atoms with E-state index in [0.717, 1.165) is 40.7 Å². The third-order valence-corrected chi connectivity index (χ3v) is 14.9. The lowest BCUT2D eigenvalue weighted by molar-refractivity contribution is -0.201. The number of aliphatic carboxylic acids is 1. The maximum Gasteiger partial charge on any atom is 0.303 e. The normalized spacial score (nSPS) is 29.8. The lowest BCUT2D eigenvalue weighted by Crippen LogP contribution is -2.63. The first-order valence-electron chi connectivity index (χ1n) is 22.2. The van der Waals surface area contributed by atoms with Crippen LogP contribution in [0.5, 0.6) is 0 Å². The van der Waals surface area contributed by atoms with Crippen LogP contribution in [0.4, 0.5) is 0 Å². The molecule has 0 radical (unpaired) electrons. The van der Waals surface area contributed by atoms with Crippen LogP contribution in [0.3, 0.4) is 0 Å². The van der Waals surface area contributed by atoms with Crippen molar-refractivity contribution in [2.45, 2.75) is 95.5 Å². The Kier molecular flexibility index (Phi) is 15.1. The van der Waals surface area contributed by atoms with Gasteiger partial charge in [-0.05, 0) is 79.2 Å². The second-order valence-electron chi connectivity index (χ2n) is 18.3. The topological polar surface area (TPSA) is 256 Å². The average molecular weight is 978 g/mol. The van der Waals surface area contributed by atoms with E-state index < -0.39 is 102 Å². The number of rotatable bonds is 19. The summed E-state index contributed by atoms with van der Waals surface area (Å²) in [5.74, 6) is -4.17. The van der Waals surface area contributed by atoms with E-state index in [1.165, 1.54) is 0 Å². The predicted molar refractivity (Wildman–Crippen MR) is 239 cm³/mol. The van der Waals surface area contributed by atoms with Gasteiger partial charge in [0.1, 0.15) is 19.4 Å². The summed E-state index contributed by atoms with van der Waals surface area (Å²) in [4.78, 5) is 85.8. The molecule has 66 heavy (non-hydrogen) atoms. The molecule has 0 bridgehead atoms. The van der Waals surface area contributed by atoms with Gasteiger partial charge in [-0.25, -0.2) is 0 Å². The molecule has 1 saturated heterocycles. The van der Waals surface area contributed by atoms with Crippen molar-refractivity contribution in [3.63, 3.8) is 0 Å². The van der Waals surface area contributed by atoms with Gasteiger partial charge in [-0.2, -0.15) is 0 Å². The molecule has 4 fully saturated rings. The number of ether oxygens (including phenoxy) is 3. The molecule has 18 heteroatoms. The number of carbonyl (C=O) groups excluding carboxylic acids is 6. The molecular formula is C48H57BrN4O13. The zero-order valence-corrected chi connectivity index (χ0v) is 38.5. The third kappa shape index (κ3) is 9.94. The Labute approximate surface area is 390 Å². The van der Waals surface area contributed by atoms with Gasteiger partial charge >= 0.3 is 5.97 Å². The number of hydrogen-bond acceptors (Lipinski definition) is 12. The standard InChI is InChI=1S/C48H57BrN4O13/c1-46-16-15-32(55)18-31(46)11-12-33-34-19-38-48(37(57)24-54,47(34,2)20-36(56)43(33)46)66-45(65-38)30-9-7-28(8-10-30)17-27-3-5-29(6-4-27)25-64-26-52-40(59)22-51-44(63)35(13-14-42(61)62)53-41(60)23-50-39(58)21-49/h3-10,15-16,18,33-36,38,43,45,54,56H,11-14,17,19-26H2,1-2H3,(H,50,58)(H,51,63)(H,52,59)(H,53,60)(H,61,62)/t33-,34-,35-,36-,38+,43+,45+,46-,47-,48+/m0/s1. The van der Waals surface area contributed by atoms with Gasteiger partial charge in [0.05, 0.1) is 37.2 Å². The van der Waals surface area contributed by atoms with E-state index in [4.69, 9.17) is 19.3 Å². The Morgan fingerprint density at radius 3 is 2.29 bits per heavy atom. The number of Topliss-reactive ketones (excluding diaryl/α,β-unsaturated/α-hetero) is 1. The fourth-order valence-electron chi connectivity index (χ4n) is 11.3. The Hall–Kier alpha value is -5.11. The molecule has 354 valence electrons. The first kappa shape index (κ1) is 48.8. The number of benzene rings is 2. The Balaban J connectivity index is 0.879. The van der Waals surface area contributed by atoms with Gasteiger partial charge in [0, 0.05) is 28.7 Å². The van der Waals surface area contributed by atoms with Crippen molar-refractivity contribution in [3.05, 3.63) is 94.6 Å². The Morgan fingerprint density at radius 2 is 1.61 bits per heavy atom. The number of nitrogens with one attached hydrogen (secondary N) is 4. The summed E-state index contributed by atoms with van der Waals surface area (Å²) in [6.45, 7) is 2.60. The van der Waals surface area contributed by atoms with Crippen LogP contribution >= 0.6 is 15.9 Å². The highest BCUT2D eigenvalue weighted by atomic mass is 79.9. The van der Waals surface area contributed by atoms with E-state index in [0.29, 0.717) is 19.3 Å². The van der Waals surface area contributed by atoms with Gasteiger partial charge in [-0.1, -0.05) is 90.0 Å². The second-order valence-corrected chi connectivity index (χ2v) is 18.9. The van der Waals surface area contributed by atoms with Crippen molar-refractivity contribution in [3.8, 4) is 0 Å². The van der Waals surface area contributed by atoms with Crippen LogP contribution in [0.15, 0.2) is 72.3 Å². The first-order chi connectivity index (χ1) is 31.5. The fraction of sp³-hybridized carbons (Fsp3) is 0.521. The maximum absolute atomic E-state index is 13.9. The van der Waals surface area contributed by atoms with Gasteiger partial charge in [-0.15, -0.1) is 0 Å². The number of carbonyl (C=O) groups is 7. The molecule has 4 aliphatic carbocycles. The van der Waals surface area contributed by atoms with E-state index in [1.807, 2.05) is 61.5 Å². The van der Waals surface area contributed by atoms with Crippen LogP contribution in [0.25, 0.3) is 0 Å². The third-order valence-electron chi connectivity index (χ3n) is 14.4. The summed E-state index contributed by atoms with van der Waals surface area (Å²) in [7, 11) is 0. The molecule has 10 atom stereocenters. The number of carboxylic acids is 1. The lowest BCUT2D eigenvalue weighted by Gasteiger charge is -2.59. The van der Waals surface area contributed by atoms with Gasteiger partial charge in [-0.3, -0.25) is 33.6 Å². The van der Waals surface area contributed by atoms with Crippen molar-refractivity contribution >= 4 is 57.1 Å². The zero-order chi connectivity index (χ0) is 47.4. The van der Waals surface area contributed by atoms with E-state index in [1.54, 1.807) is 12.2 Å². The fourth-order valence-corrected chi connectivity index (χ4v) is 11.5. The van der Waals surface area contributed by atoms with Gasteiger partial charge < -0.3 is 50.8 Å². The molecule has 7 N–H and O–H groups in total. The number of halogens is 1. The summed E-state index contributed by atoms with van der Waals surface area (Å²) in [5, 5.41) is 40.9. The lowest BCUT2D eigenvalue weighted by atomic mass is 9.46. The maximum atomic E-state index is 13.9. The number of amides is 4. The van der Waals surface area contributed by atoms with Crippen LogP contribution in [-0.2, 0) is 60.8 Å². The smallest absolute Gasteiger partial charge is 0.303 e. The minimum Gasteiger partial charge on any atom is -0.481 e. The molecule has 0 unspecified atom stereocenters. The molecule has 17 nitrogen and oxygen atoms in total. The molecule has 2 aromatic carbocycles. The quantitative estimate of drug-likeness (QED) is 0.0608. The molecule has 4 amide bonds. The number of allylic oxidation sites excluding steroid dienone is 4. The number of aliphatic hydroxyl groups is 2. The van der Waals surface area contributed by atoms with Crippen molar-refractivity contribution in [1.29, 1.82) is 0 Å². The van der Waals surface area contributed by atoms with Crippen molar-refractivity contribution in [1.82, 2.24) is 21.3 Å². The molecule has 0 spiro atoms. The SMILES string of the molecule is C[C@]12C=CC(=O)C=C1CC[C@@H]1[C@@H]2[C@@H](O)C[C@@]2(C)[C@H]1C[C@H]1O[C@@H](c3ccc(Cc4ccc(COCNC(=O)CNC(=O)[C@H](CCC(=O)O)NC(=O)CNC(=O)CBr)cc4)cc3)O[C@]12C(=O)CO. The van der Waals surface area contributed by atoms with Crippen molar-refractivity contribution in [2.75, 3.05) is 31.8 Å². The molecular weight excluding hydrogens is 920 g/mol. The number of carboxylic acid groups (broad SMARTS) is 1. The Bertz CT molecular complexity index is 2270. The monoisotopic (exact) mass is 976 g/mol. The summed E-state index contributed by atoms with van der Waals surface area (Å²) < 4.78 is 19.0. The number of alkyl halides is 1. The van der Waals surface area contributed by atoms with Gasteiger partial charge in [0.2, 0.25) is 23.6 Å². The van der Waals surface area contributed by atoms with Crippen LogP contribution in [0.1, 0.15) is 80.9 Å². The number of fused-ring (bicyclic) bond motifs is 7. The van der Waals surface area contributed by atoms with E-state index in [-0.39, 0.29) is 48.6 Å². The minimum atomic E-state index is -1.43. The Morgan fingerprint density at radius 1 is 0.924 bits per heavy atom. The minimum absolute atomic E-state index is 0.000523. The van der Waals surface area contributed by atoms with Crippen LogP contribution in [0, 0.1) is 28.6 Å². The summed E-state index contributed by atoms with van der Waals surface area (Å²) >= 11 is 2.95. The van der Waals surface area contributed by atoms with Crippen LogP contribution < -0.4 is 21.3 Å². The highest BCUT2D eigenvalue weighted by Crippen LogP contribution is 2.70. The van der Waals surface area contributed by atoms with Crippen LogP contribution in [0.2, 0.25) is 0 Å². The number of hydrogen-bond donors (Lipinski definition) is 7. The summed E-state index contributed by atoms with van der Waals surface area (Å²) in [6.07, 6.45) is 5.45. The van der Waals surface area contributed by atoms with Crippen molar-refractivity contribution in [2.24, 2.45) is 28.6 Å². The zero-order valence-electron chi connectivity index (χ0n) is 36.9. The average Bonchev–Trinajstić information content (AvgIpc) is 3.80. The number of ketones is 2. The van der Waals surface area contributed by atoms with E-state index in [2.05, 4.69) is 44.1 Å². The molecule has 1 heterocycles. The van der Waals surface area contributed by atoms with E-state index in [9.17, 15) is 43.8 Å². The molecule has 5 aliphatic rings.